The van der Waals surface area contributed by atoms with Crippen LogP contribution in [0, 0.1) is 0 Å². The summed E-state index contributed by atoms with van der Waals surface area (Å²) >= 11 is 0. The minimum Gasteiger partial charge on any atom is -0.339 e. The van der Waals surface area contributed by atoms with Gasteiger partial charge in [0, 0.05) is 46.5 Å². The van der Waals surface area contributed by atoms with Gasteiger partial charge in [0.2, 0.25) is 0 Å². The fourth-order valence-corrected chi connectivity index (χ4v) is 4.03. The number of carbonyl (C=O) groups is 1. The zero-order valence-electron chi connectivity index (χ0n) is 13.5. The third kappa shape index (κ3) is 3.17. The fourth-order valence-electron chi connectivity index (χ4n) is 2.60. The van der Waals surface area contributed by atoms with E-state index in [0.717, 1.165) is 0 Å². The van der Waals surface area contributed by atoms with Crippen molar-refractivity contribution < 1.29 is 13.2 Å². The van der Waals surface area contributed by atoms with Gasteiger partial charge in [-0.3, -0.25) is 9.48 Å². The van der Waals surface area contributed by atoms with Gasteiger partial charge in [-0.05, 0) is 6.42 Å². The van der Waals surface area contributed by atoms with Crippen molar-refractivity contribution in [3.8, 4) is 0 Å². The average molecular weight is 353 g/mol. The first-order valence-corrected chi connectivity index (χ1v) is 8.95. The molecule has 0 spiro atoms. The van der Waals surface area contributed by atoms with Crippen LogP contribution in [0.3, 0.4) is 0 Å². The van der Waals surface area contributed by atoms with Crippen molar-refractivity contribution in [2.45, 2.75) is 11.4 Å². The Morgan fingerprint density at radius 1 is 1.12 bits per heavy atom. The van der Waals surface area contributed by atoms with E-state index in [1.165, 1.54) is 21.5 Å². The molecule has 1 aliphatic rings. The van der Waals surface area contributed by atoms with Crippen LogP contribution in [-0.2, 0) is 24.1 Å². The lowest BCUT2D eigenvalue weighted by molar-refractivity contribution is 0.0758. The zero-order valence-corrected chi connectivity index (χ0v) is 14.3. The quantitative estimate of drug-likeness (QED) is 0.707. The van der Waals surface area contributed by atoms with Crippen LogP contribution in [0.5, 0.6) is 0 Å². The molecule has 130 valence electrons. The number of imidazole rings is 1. The van der Waals surface area contributed by atoms with Gasteiger partial charge in [-0.1, -0.05) is 5.21 Å². The number of carbonyl (C=O) groups excluding carboxylic acids is 1. The van der Waals surface area contributed by atoms with E-state index in [1.807, 2.05) is 0 Å². The minimum atomic E-state index is -3.64. The molecule has 0 bridgehead atoms. The Hall–Kier alpha value is -2.27. The topological polar surface area (TPSA) is 106 Å². The molecule has 10 nitrogen and oxygen atoms in total. The summed E-state index contributed by atoms with van der Waals surface area (Å²) in [5.74, 6) is -0.236. The molecule has 11 heteroatoms. The number of amides is 1. The molecule has 0 aliphatic carbocycles. The second-order valence-electron chi connectivity index (χ2n) is 5.70. The molecule has 0 saturated carbocycles. The molecular formula is C13H19N7O3S. The predicted molar refractivity (Wildman–Crippen MR) is 83.5 cm³/mol. The number of nitrogens with zero attached hydrogens (tertiary/aromatic N) is 7. The van der Waals surface area contributed by atoms with E-state index < -0.39 is 10.0 Å². The molecule has 1 fully saturated rings. The number of hydrogen-bond acceptors (Lipinski definition) is 6. The van der Waals surface area contributed by atoms with Gasteiger partial charge in [0.05, 0.1) is 12.5 Å². The van der Waals surface area contributed by atoms with Crippen LogP contribution in [-0.4, -0.2) is 74.3 Å². The molecular weight excluding hydrogens is 334 g/mol. The maximum atomic E-state index is 12.6. The number of aryl methyl sites for hydroxylation is 2. The Morgan fingerprint density at radius 3 is 2.54 bits per heavy atom. The molecule has 1 saturated heterocycles. The van der Waals surface area contributed by atoms with Crippen molar-refractivity contribution in [2.75, 3.05) is 26.2 Å². The van der Waals surface area contributed by atoms with Gasteiger partial charge in [0.1, 0.15) is 0 Å². The van der Waals surface area contributed by atoms with E-state index in [-0.39, 0.29) is 23.2 Å². The molecule has 2 aromatic rings. The Balaban J connectivity index is 1.72. The SMILES string of the molecule is Cn1cnc(S(=O)(=O)N2CCCN(C(=O)c3cn(C)nn3)CC2)c1. The number of aromatic nitrogens is 5. The molecule has 2 aromatic heterocycles. The van der Waals surface area contributed by atoms with Crippen LogP contribution in [0.25, 0.3) is 0 Å². The highest BCUT2D eigenvalue weighted by molar-refractivity contribution is 7.89. The second kappa shape index (κ2) is 6.32. The largest absolute Gasteiger partial charge is 0.339 e. The van der Waals surface area contributed by atoms with Gasteiger partial charge in [-0.15, -0.1) is 5.10 Å². The molecule has 0 N–H and O–H groups in total. The second-order valence-corrected chi connectivity index (χ2v) is 7.59. The first kappa shape index (κ1) is 16.6. The van der Waals surface area contributed by atoms with Crippen molar-refractivity contribution in [3.63, 3.8) is 0 Å². The van der Waals surface area contributed by atoms with Crippen LogP contribution in [0.15, 0.2) is 23.7 Å². The van der Waals surface area contributed by atoms with Crippen molar-refractivity contribution in [3.05, 3.63) is 24.4 Å². The monoisotopic (exact) mass is 353 g/mol. The summed E-state index contributed by atoms with van der Waals surface area (Å²) in [5.41, 5.74) is 0.263. The molecule has 3 rings (SSSR count). The molecule has 0 unspecified atom stereocenters. The molecule has 24 heavy (non-hydrogen) atoms. The summed E-state index contributed by atoms with van der Waals surface area (Å²) in [6.07, 6.45) is 5.03. The van der Waals surface area contributed by atoms with Gasteiger partial charge in [0.25, 0.3) is 15.9 Å². The van der Waals surface area contributed by atoms with Crippen LogP contribution in [0.1, 0.15) is 16.9 Å². The van der Waals surface area contributed by atoms with Gasteiger partial charge in [-0.2, -0.15) is 4.31 Å². The lowest BCUT2D eigenvalue weighted by atomic mass is 10.3. The summed E-state index contributed by atoms with van der Waals surface area (Å²) in [5, 5.41) is 7.60. The van der Waals surface area contributed by atoms with Gasteiger partial charge >= 0.3 is 0 Å². The first-order chi connectivity index (χ1) is 11.4. The smallest absolute Gasteiger partial charge is 0.276 e. The highest BCUT2D eigenvalue weighted by Gasteiger charge is 2.30. The van der Waals surface area contributed by atoms with Crippen LogP contribution >= 0.6 is 0 Å². The van der Waals surface area contributed by atoms with E-state index in [1.54, 1.807) is 29.8 Å². The Bertz CT molecular complexity index is 841. The molecule has 1 aliphatic heterocycles. The molecule has 0 radical (unpaired) electrons. The Labute approximate surface area is 139 Å². The fraction of sp³-hybridized carbons (Fsp3) is 0.538. The third-order valence-corrected chi connectivity index (χ3v) is 5.63. The highest BCUT2D eigenvalue weighted by Crippen LogP contribution is 2.16. The van der Waals surface area contributed by atoms with Crippen LogP contribution < -0.4 is 0 Å². The molecule has 1 amide bonds. The first-order valence-electron chi connectivity index (χ1n) is 7.51. The number of sulfonamides is 1. The van der Waals surface area contributed by atoms with Crippen LogP contribution in [0.4, 0.5) is 0 Å². The van der Waals surface area contributed by atoms with Crippen LogP contribution in [0.2, 0.25) is 0 Å². The van der Waals surface area contributed by atoms with Gasteiger partial charge < -0.3 is 9.47 Å². The summed E-state index contributed by atoms with van der Waals surface area (Å²) in [6.45, 7) is 1.36. The van der Waals surface area contributed by atoms with Crippen molar-refractivity contribution in [1.29, 1.82) is 0 Å². The summed E-state index contributed by atoms with van der Waals surface area (Å²) < 4.78 is 29.7. The Kier molecular flexibility index (Phi) is 4.37. The lowest BCUT2D eigenvalue weighted by Gasteiger charge is -2.20. The maximum absolute atomic E-state index is 12.6. The molecule has 0 atom stereocenters. The van der Waals surface area contributed by atoms with Crippen molar-refractivity contribution in [1.82, 2.24) is 33.8 Å². The zero-order chi connectivity index (χ0) is 17.3. The maximum Gasteiger partial charge on any atom is 0.276 e. The lowest BCUT2D eigenvalue weighted by Crippen LogP contribution is -2.37. The normalized spacial score (nSPS) is 17.0. The van der Waals surface area contributed by atoms with E-state index in [0.29, 0.717) is 26.1 Å². The van der Waals surface area contributed by atoms with E-state index in [9.17, 15) is 13.2 Å². The summed E-state index contributed by atoms with van der Waals surface area (Å²) in [6, 6.07) is 0. The standard InChI is InChI=1S/C13H19N7O3S/c1-17-9-12(14-10-17)24(22,23)20-5-3-4-19(6-7-20)13(21)11-8-18(2)16-15-11/h8-10H,3-7H2,1-2H3. The molecule has 3 heterocycles. The van der Waals surface area contributed by atoms with E-state index >= 15 is 0 Å². The van der Waals surface area contributed by atoms with Gasteiger partial charge in [-0.25, -0.2) is 13.4 Å². The summed E-state index contributed by atoms with van der Waals surface area (Å²) in [7, 11) is -0.237. The van der Waals surface area contributed by atoms with E-state index in [2.05, 4.69) is 15.3 Å². The van der Waals surface area contributed by atoms with Crippen molar-refractivity contribution >= 4 is 15.9 Å². The Morgan fingerprint density at radius 2 is 1.92 bits per heavy atom. The highest BCUT2D eigenvalue weighted by atomic mass is 32.2. The van der Waals surface area contributed by atoms with Crippen molar-refractivity contribution in [2.24, 2.45) is 14.1 Å². The molecule has 0 aromatic carbocycles. The minimum absolute atomic E-state index is 0.0266. The number of hydrogen-bond donors (Lipinski definition) is 0. The average Bonchev–Trinajstić information content (AvgIpc) is 3.08. The third-order valence-electron chi connectivity index (χ3n) is 3.85. The summed E-state index contributed by atoms with van der Waals surface area (Å²) in [4.78, 5) is 18.0. The number of rotatable bonds is 3. The van der Waals surface area contributed by atoms with Gasteiger partial charge in [0.15, 0.2) is 10.7 Å². The predicted octanol–water partition coefficient (Wildman–Crippen LogP) is -0.915. The van der Waals surface area contributed by atoms with E-state index in [4.69, 9.17) is 0 Å².